The average Bonchev–Trinajstić information content (AvgIpc) is 3.02. The van der Waals surface area contributed by atoms with Gasteiger partial charge >= 0.3 is 21.3 Å². The number of anilines is 1. The third-order valence-corrected chi connectivity index (χ3v) is 7.72. The molecule has 0 amide bonds. The third-order valence-electron chi connectivity index (χ3n) is 5.12. The highest BCUT2D eigenvalue weighted by Crippen LogP contribution is 2.61. The summed E-state index contributed by atoms with van der Waals surface area (Å²) in [6.45, 7) is 0.173. The van der Waals surface area contributed by atoms with Gasteiger partial charge in [-0.3, -0.25) is 13.6 Å². The molecule has 7 N–H and O–H groups in total. The molecule has 16 nitrogen and oxygen atoms in total. The molecule has 2 aliphatic rings. The maximum Gasteiger partial charge on any atom is 0.483 e. The molecule has 0 saturated carbocycles. The topological polar surface area (TPSA) is 242 Å². The SMILES string of the molecule is C[C@H]1O[C@H](OP(=O)(O)OP(=O)(O)OC[C@H]2O[C@@H](n3ccc(N)nc3=O)[C@H](O)[C@@H]2O)[C@H](O)CC1=C(F)F. The lowest BCUT2D eigenvalue weighted by Gasteiger charge is -2.33. The molecule has 20 heteroatoms. The molecule has 2 aliphatic heterocycles. The lowest BCUT2D eigenvalue weighted by atomic mass is 10.0. The van der Waals surface area contributed by atoms with E-state index in [-0.39, 0.29) is 5.82 Å². The van der Waals surface area contributed by atoms with Gasteiger partial charge in [0.2, 0.25) is 0 Å². The summed E-state index contributed by atoms with van der Waals surface area (Å²) in [5, 5.41) is 30.2. The lowest BCUT2D eigenvalue weighted by Crippen LogP contribution is -2.40. The number of hydrogen-bond acceptors (Lipinski definition) is 13. The average molecular weight is 565 g/mol. The van der Waals surface area contributed by atoms with Crippen molar-refractivity contribution >= 4 is 21.5 Å². The monoisotopic (exact) mass is 565 g/mol. The Morgan fingerprint density at radius 1 is 1.22 bits per heavy atom. The van der Waals surface area contributed by atoms with Crippen molar-refractivity contribution in [1.82, 2.24) is 9.55 Å². The van der Waals surface area contributed by atoms with Gasteiger partial charge in [0.1, 0.15) is 30.2 Å². The first-order valence-corrected chi connectivity index (χ1v) is 13.0. The number of aromatic nitrogens is 2. The van der Waals surface area contributed by atoms with Gasteiger partial charge in [-0.25, -0.2) is 13.9 Å². The maximum absolute atomic E-state index is 12.8. The molecule has 1 aromatic rings. The zero-order valence-corrected chi connectivity index (χ0v) is 20.0. The Morgan fingerprint density at radius 3 is 2.50 bits per heavy atom. The van der Waals surface area contributed by atoms with E-state index in [0.717, 1.165) is 17.7 Å². The molecule has 0 bridgehead atoms. The van der Waals surface area contributed by atoms with Crippen molar-refractivity contribution < 1.29 is 65.8 Å². The molecule has 2 fully saturated rings. The number of ether oxygens (including phenoxy) is 2. The van der Waals surface area contributed by atoms with E-state index in [1.807, 2.05) is 0 Å². The van der Waals surface area contributed by atoms with Crippen LogP contribution >= 0.6 is 15.6 Å². The molecule has 9 atom stereocenters. The fraction of sp³-hybridized carbons (Fsp3) is 0.625. The summed E-state index contributed by atoms with van der Waals surface area (Å²) in [5.74, 6) is -0.120. The van der Waals surface area contributed by atoms with Crippen LogP contribution in [-0.4, -0.2) is 78.1 Å². The molecule has 1 aromatic heterocycles. The first-order valence-electron chi connectivity index (χ1n) is 10.0. The summed E-state index contributed by atoms with van der Waals surface area (Å²) in [6, 6.07) is 1.21. The highest BCUT2D eigenvalue weighted by molar-refractivity contribution is 7.61. The van der Waals surface area contributed by atoms with Crippen molar-refractivity contribution in [2.24, 2.45) is 0 Å². The molecule has 3 rings (SSSR count). The molecule has 0 spiro atoms. The van der Waals surface area contributed by atoms with Crippen LogP contribution < -0.4 is 11.4 Å². The smallest absolute Gasteiger partial charge is 0.387 e. The molecule has 0 aromatic carbocycles. The minimum Gasteiger partial charge on any atom is -0.387 e. The van der Waals surface area contributed by atoms with Gasteiger partial charge in [-0.2, -0.15) is 18.1 Å². The van der Waals surface area contributed by atoms with Crippen molar-refractivity contribution in [3.63, 3.8) is 0 Å². The molecular formula is C16H23F2N3O13P2. The number of halogens is 2. The van der Waals surface area contributed by atoms with Gasteiger partial charge in [0.25, 0.3) is 6.08 Å². The number of nitrogens with two attached hydrogens (primary N) is 1. The van der Waals surface area contributed by atoms with Crippen molar-refractivity contribution in [3.05, 3.63) is 34.4 Å². The van der Waals surface area contributed by atoms with Crippen molar-refractivity contribution in [1.29, 1.82) is 0 Å². The van der Waals surface area contributed by atoms with E-state index in [1.54, 1.807) is 0 Å². The van der Waals surface area contributed by atoms with Gasteiger partial charge in [-0.15, -0.1) is 0 Å². The Kier molecular flexibility index (Phi) is 8.82. The zero-order chi connectivity index (χ0) is 27.0. The molecule has 204 valence electrons. The van der Waals surface area contributed by atoms with Crippen LogP contribution in [0.3, 0.4) is 0 Å². The van der Waals surface area contributed by atoms with Gasteiger partial charge in [0, 0.05) is 18.2 Å². The Bertz CT molecular complexity index is 1150. The number of hydrogen-bond donors (Lipinski definition) is 6. The van der Waals surface area contributed by atoms with Crippen molar-refractivity contribution in [2.45, 2.75) is 56.4 Å². The summed E-state index contributed by atoms with van der Waals surface area (Å²) in [7, 11) is -10.9. The second-order valence-electron chi connectivity index (χ2n) is 7.71. The number of nitrogens with zero attached hydrogens (tertiary/aromatic N) is 2. The Balaban J connectivity index is 1.60. The number of phosphoric ester groups is 2. The van der Waals surface area contributed by atoms with E-state index in [9.17, 15) is 47.8 Å². The number of nitrogen functional groups attached to an aromatic ring is 1. The van der Waals surface area contributed by atoms with E-state index < -0.39 is 89.1 Å². The van der Waals surface area contributed by atoms with Gasteiger partial charge in [0.05, 0.1) is 12.7 Å². The van der Waals surface area contributed by atoms with E-state index in [0.29, 0.717) is 0 Å². The second kappa shape index (κ2) is 11.0. The Labute approximate surface area is 200 Å². The van der Waals surface area contributed by atoms with E-state index in [1.165, 1.54) is 6.07 Å². The fourth-order valence-electron chi connectivity index (χ4n) is 3.38. The van der Waals surface area contributed by atoms with Crippen LogP contribution in [0.1, 0.15) is 19.6 Å². The van der Waals surface area contributed by atoms with Crippen LogP contribution in [-0.2, 0) is 32.0 Å². The highest BCUT2D eigenvalue weighted by Gasteiger charge is 2.47. The summed E-state index contributed by atoms with van der Waals surface area (Å²) in [6.07, 6.45) is -13.3. The summed E-state index contributed by atoms with van der Waals surface area (Å²) in [4.78, 5) is 35.0. The van der Waals surface area contributed by atoms with E-state index >= 15 is 0 Å². The van der Waals surface area contributed by atoms with Crippen LogP contribution in [0.2, 0.25) is 0 Å². The molecular weight excluding hydrogens is 542 g/mol. The Morgan fingerprint density at radius 2 is 1.89 bits per heavy atom. The second-order valence-corrected chi connectivity index (χ2v) is 10.7. The van der Waals surface area contributed by atoms with Crippen molar-refractivity contribution in [2.75, 3.05) is 12.3 Å². The minimum absolute atomic E-state index is 0.120. The van der Waals surface area contributed by atoms with Crippen LogP contribution in [0.5, 0.6) is 0 Å². The van der Waals surface area contributed by atoms with E-state index in [4.69, 9.17) is 15.2 Å². The lowest BCUT2D eigenvalue weighted by molar-refractivity contribution is -0.186. The van der Waals surface area contributed by atoms with E-state index in [2.05, 4.69) is 18.3 Å². The molecule has 0 radical (unpaired) electrons. The number of rotatable bonds is 8. The minimum atomic E-state index is -5.49. The highest BCUT2D eigenvalue weighted by atomic mass is 31.3. The van der Waals surface area contributed by atoms with Gasteiger partial charge < -0.3 is 40.3 Å². The number of aliphatic hydroxyl groups excluding tert-OH is 3. The molecule has 36 heavy (non-hydrogen) atoms. The number of phosphoric acid groups is 2. The zero-order valence-electron chi connectivity index (χ0n) is 18.2. The van der Waals surface area contributed by atoms with Gasteiger partial charge in [-0.1, -0.05) is 0 Å². The number of aliphatic hydroxyl groups is 3. The third kappa shape index (κ3) is 6.80. The predicted molar refractivity (Wildman–Crippen MR) is 111 cm³/mol. The molecule has 2 unspecified atom stereocenters. The summed E-state index contributed by atoms with van der Waals surface area (Å²) >= 11 is 0. The van der Waals surface area contributed by atoms with Gasteiger partial charge in [-0.05, 0) is 13.0 Å². The molecule has 2 saturated heterocycles. The van der Waals surface area contributed by atoms with Crippen LogP contribution in [0, 0.1) is 0 Å². The fourth-order valence-corrected chi connectivity index (χ4v) is 5.55. The quantitative estimate of drug-likeness (QED) is 0.214. The maximum atomic E-state index is 12.8. The van der Waals surface area contributed by atoms with Crippen LogP contribution in [0.15, 0.2) is 28.7 Å². The predicted octanol–water partition coefficient (Wildman–Crippen LogP) is -0.658. The first kappa shape index (κ1) is 28.9. The van der Waals surface area contributed by atoms with Crippen LogP contribution in [0.25, 0.3) is 0 Å². The van der Waals surface area contributed by atoms with Crippen LogP contribution in [0.4, 0.5) is 14.6 Å². The Hall–Kier alpha value is -1.66. The summed E-state index contributed by atoms with van der Waals surface area (Å²) < 4.78 is 74.0. The standard InChI is InChI=1S/C16H23F2N3O13P2/c1-6-7(13(17)18)4-8(22)15(31-6)33-36(28,29)34-35(26,27)30-5-9-11(23)12(24)14(32-9)21-3-2-10(19)20-16(21)25/h2-3,6,8-9,11-12,14-15,22-24H,4-5H2,1H3,(H,26,27)(H,28,29)(H2,19,20,25)/t6-,8-,9-,11-,12-,14-,15-/m1/s1. The largest absolute Gasteiger partial charge is 0.483 e. The normalized spacial score (nSPS) is 34.2. The molecule has 0 aliphatic carbocycles. The summed E-state index contributed by atoms with van der Waals surface area (Å²) in [5.41, 5.74) is 3.88. The first-order chi connectivity index (χ1) is 16.6. The molecule has 3 heterocycles. The van der Waals surface area contributed by atoms with Gasteiger partial charge in [0.15, 0.2) is 12.5 Å². The van der Waals surface area contributed by atoms with Crippen molar-refractivity contribution in [3.8, 4) is 0 Å².